The number of benzene rings is 1. The molecule has 1 unspecified atom stereocenters. The Bertz CT molecular complexity index is 506. The zero-order valence-electron chi connectivity index (χ0n) is 12.3. The number of halogens is 1. The molecule has 1 aromatic carbocycles. The van der Waals surface area contributed by atoms with E-state index in [2.05, 4.69) is 5.32 Å². The van der Waals surface area contributed by atoms with Crippen LogP contribution in [-0.2, 0) is 4.79 Å². The molecule has 1 amide bonds. The number of carbonyl (C=O) groups excluding carboxylic acids is 1. The molecule has 0 saturated heterocycles. The van der Waals surface area contributed by atoms with Crippen molar-refractivity contribution in [3.63, 3.8) is 0 Å². The minimum atomic E-state index is -0.344. The van der Waals surface area contributed by atoms with E-state index in [1.165, 1.54) is 7.11 Å². The summed E-state index contributed by atoms with van der Waals surface area (Å²) in [5.41, 5.74) is 0.547. The van der Waals surface area contributed by atoms with Crippen LogP contribution in [0.3, 0.4) is 0 Å². The second kappa shape index (κ2) is 7.11. The summed E-state index contributed by atoms with van der Waals surface area (Å²) in [7, 11) is 3.36. The van der Waals surface area contributed by atoms with Gasteiger partial charge in [-0.2, -0.15) is 0 Å². The number of methoxy groups -OCH3 is 1. The molecule has 1 atom stereocenters. The SMILES string of the molecule is COc1ccc(Cl)cc1NC(=O)CN(C)CC(O)C1CC1. The highest BCUT2D eigenvalue weighted by atomic mass is 35.5. The molecule has 0 spiro atoms. The van der Waals surface area contributed by atoms with Gasteiger partial charge in [0.1, 0.15) is 5.75 Å². The molecule has 0 bridgehead atoms. The predicted molar refractivity (Wildman–Crippen MR) is 82.9 cm³/mol. The first-order valence-corrected chi connectivity index (χ1v) is 7.37. The van der Waals surface area contributed by atoms with E-state index >= 15 is 0 Å². The van der Waals surface area contributed by atoms with Crippen LogP contribution in [-0.4, -0.2) is 49.3 Å². The van der Waals surface area contributed by atoms with Crippen molar-refractivity contribution in [3.8, 4) is 5.75 Å². The van der Waals surface area contributed by atoms with Gasteiger partial charge in [-0.1, -0.05) is 11.6 Å². The number of rotatable bonds is 7. The monoisotopic (exact) mass is 312 g/mol. The number of aliphatic hydroxyl groups excluding tert-OH is 1. The van der Waals surface area contributed by atoms with Crippen LogP contribution in [0.2, 0.25) is 5.02 Å². The van der Waals surface area contributed by atoms with Crippen molar-refractivity contribution in [1.29, 1.82) is 0 Å². The molecule has 0 heterocycles. The van der Waals surface area contributed by atoms with Crippen molar-refractivity contribution in [2.75, 3.05) is 32.6 Å². The highest BCUT2D eigenvalue weighted by molar-refractivity contribution is 6.31. The van der Waals surface area contributed by atoms with Gasteiger partial charge in [0.2, 0.25) is 5.91 Å². The van der Waals surface area contributed by atoms with Crippen molar-refractivity contribution in [2.24, 2.45) is 5.92 Å². The van der Waals surface area contributed by atoms with E-state index in [1.807, 2.05) is 11.9 Å². The van der Waals surface area contributed by atoms with E-state index in [9.17, 15) is 9.90 Å². The number of carbonyl (C=O) groups is 1. The Hall–Kier alpha value is -1.30. The zero-order chi connectivity index (χ0) is 15.4. The third-order valence-corrected chi connectivity index (χ3v) is 3.75. The minimum Gasteiger partial charge on any atom is -0.495 e. The number of nitrogens with one attached hydrogen (secondary N) is 1. The van der Waals surface area contributed by atoms with Gasteiger partial charge in [0.05, 0.1) is 25.4 Å². The van der Waals surface area contributed by atoms with Crippen molar-refractivity contribution in [2.45, 2.75) is 18.9 Å². The Balaban J connectivity index is 1.87. The molecular formula is C15H21ClN2O3. The van der Waals surface area contributed by atoms with Crippen LogP contribution in [0, 0.1) is 5.92 Å². The van der Waals surface area contributed by atoms with Crippen molar-refractivity contribution in [1.82, 2.24) is 4.90 Å². The van der Waals surface area contributed by atoms with Crippen molar-refractivity contribution in [3.05, 3.63) is 23.2 Å². The molecule has 1 aliphatic rings. The molecule has 0 aromatic heterocycles. The molecule has 0 radical (unpaired) electrons. The Morgan fingerprint density at radius 2 is 2.29 bits per heavy atom. The summed E-state index contributed by atoms with van der Waals surface area (Å²) in [4.78, 5) is 13.9. The summed E-state index contributed by atoms with van der Waals surface area (Å²) < 4.78 is 5.18. The number of hydrogen-bond donors (Lipinski definition) is 2. The second-order valence-corrected chi connectivity index (χ2v) is 5.93. The third-order valence-electron chi connectivity index (χ3n) is 3.51. The largest absolute Gasteiger partial charge is 0.495 e. The van der Waals surface area contributed by atoms with E-state index in [0.717, 1.165) is 12.8 Å². The molecule has 2 rings (SSSR count). The number of likely N-dealkylation sites (N-methyl/N-ethyl adjacent to an activating group) is 1. The number of nitrogens with zero attached hydrogens (tertiary/aromatic N) is 1. The molecule has 1 fully saturated rings. The molecule has 2 N–H and O–H groups in total. The van der Waals surface area contributed by atoms with Crippen LogP contribution >= 0.6 is 11.6 Å². The number of hydrogen-bond acceptors (Lipinski definition) is 4. The highest BCUT2D eigenvalue weighted by Gasteiger charge is 2.30. The average Bonchev–Trinajstić information content (AvgIpc) is 3.22. The summed E-state index contributed by atoms with van der Waals surface area (Å²) in [6.45, 7) is 0.713. The zero-order valence-corrected chi connectivity index (χ0v) is 13.1. The third kappa shape index (κ3) is 4.88. The maximum absolute atomic E-state index is 12.0. The van der Waals surface area contributed by atoms with E-state index in [4.69, 9.17) is 16.3 Å². The number of anilines is 1. The normalized spacial score (nSPS) is 15.9. The van der Waals surface area contributed by atoms with Crippen LogP contribution in [0.4, 0.5) is 5.69 Å². The minimum absolute atomic E-state index is 0.166. The van der Waals surface area contributed by atoms with Crippen LogP contribution in [0.1, 0.15) is 12.8 Å². The molecular weight excluding hydrogens is 292 g/mol. The topological polar surface area (TPSA) is 61.8 Å². The van der Waals surface area contributed by atoms with E-state index in [1.54, 1.807) is 18.2 Å². The predicted octanol–water partition coefficient (Wildman–Crippen LogP) is 1.99. The average molecular weight is 313 g/mol. The molecule has 1 aromatic rings. The van der Waals surface area contributed by atoms with Gasteiger partial charge in [-0.3, -0.25) is 9.69 Å². The number of aliphatic hydroxyl groups is 1. The van der Waals surface area contributed by atoms with E-state index in [0.29, 0.717) is 28.9 Å². The fourth-order valence-electron chi connectivity index (χ4n) is 2.23. The molecule has 116 valence electrons. The van der Waals surface area contributed by atoms with Crippen molar-refractivity contribution >= 4 is 23.2 Å². The van der Waals surface area contributed by atoms with Gasteiger partial charge >= 0.3 is 0 Å². The lowest BCUT2D eigenvalue weighted by Gasteiger charge is -2.20. The first-order valence-electron chi connectivity index (χ1n) is 6.99. The first kappa shape index (κ1) is 16.1. The standard InChI is InChI=1S/C15H21ClN2O3/c1-18(8-13(19)10-3-4-10)9-15(20)17-12-7-11(16)5-6-14(12)21-2/h5-7,10,13,19H,3-4,8-9H2,1-2H3,(H,17,20). The Kier molecular flexibility index (Phi) is 5.45. The van der Waals surface area contributed by atoms with Gasteiger partial charge in [0.25, 0.3) is 0 Å². The fraction of sp³-hybridized carbons (Fsp3) is 0.533. The van der Waals surface area contributed by atoms with E-state index in [-0.39, 0.29) is 18.6 Å². The second-order valence-electron chi connectivity index (χ2n) is 5.49. The highest BCUT2D eigenvalue weighted by Crippen LogP contribution is 2.32. The molecule has 21 heavy (non-hydrogen) atoms. The molecule has 5 nitrogen and oxygen atoms in total. The maximum atomic E-state index is 12.0. The van der Waals surface area contributed by atoms with Crippen LogP contribution in [0.25, 0.3) is 0 Å². The molecule has 0 aliphatic heterocycles. The summed E-state index contributed by atoms with van der Waals surface area (Å²) in [5, 5.41) is 13.2. The molecule has 6 heteroatoms. The summed E-state index contributed by atoms with van der Waals surface area (Å²) in [5.74, 6) is 0.804. The Morgan fingerprint density at radius 3 is 2.90 bits per heavy atom. The van der Waals surface area contributed by atoms with Gasteiger partial charge < -0.3 is 15.2 Å². The number of amides is 1. The van der Waals surface area contributed by atoms with Gasteiger partial charge in [0.15, 0.2) is 0 Å². The Morgan fingerprint density at radius 1 is 1.57 bits per heavy atom. The van der Waals surface area contributed by atoms with Crippen LogP contribution in [0.5, 0.6) is 5.75 Å². The van der Waals surface area contributed by atoms with Gasteiger partial charge in [-0.25, -0.2) is 0 Å². The summed E-state index contributed by atoms with van der Waals surface area (Å²) >= 11 is 5.92. The lowest BCUT2D eigenvalue weighted by molar-refractivity contribution is -0.117. The smallest absolute Gasteiger partial charge is 0.238 e. The lowest BCUT2D eigenvalue weighted by Crippen LogP contribution is -2.36. The maximum Gasteiger partial charge on any atom is 0.238 e. The lowest BCUT2D eigenvalue weighted by atomic mass is 10.2. The first-order chi connectivity index (χ1) is 9.99. The van der Waals surface area contributed by atoms with Gasteiger partial charge in [0, 0.05) is 11.6 Å². The fourth-order valence-corrected chi connectivity index (χ4v) is 2.40. The quantitative estimate of drug-likeness (QED) is 0.808. The van der Waals surface area contributed by atoms with Crippen LogP contribution < -0.4 is 10.1 Å². The Labute approximate surface area is 129 Å². The van der Waals surface area contributed by atoms with Crippen molar-refractivity contribution < 1.29 is 14.6 Å². The van der Waals surface area contributed by atoms with Crippen LogP contribution in [0.15, 0.2) is 18.2 Å². The molecule has 1 aliphatic carbocycles. The summed E-state index contributed by atoms with van der Waals surface area (Å²) in [6.07, 6.45) is 1.82. The molecule has 1 saturated carbocycles. The van der Waals surface area contributed by atoms with Gasteiger partial charge in [-0.15, -0.1) is 0 Å². The van der Waals surface area contributed by atoms with Gasteiger partial charge in [-0.05, 0) is 44.0 Å². The number of ether oxygens (including phenoxy) is 1. The van der Waals surface area contributed by atoms with E-state index < -0.39 is 0 Å². The summed E-state index contributed by atoms with van der Waals surface area (Å²) in [6, 6.07) is 5.06.